The van der Waals surface area contributed by atoms with Gasteiger partial charge in [-0.15, -0.1) is 0 Å². The fourth-order valence-corrected chi connectivity index (χ4v) is 4.28. The van der Waals surface area contributed by atoms with Crippen LogP contribution in [0.15, 0.2) is 97.1 Å². The third-order valence-electron chi connectivity index (χ3n) is 6.55. The number of ether oxygens (including phenoxy) is 3. The van der Waals surface area contributed by atoms with E-state index in [2.05, 4.69) is 5.32 Å². The third kappa shape index (κ3) is 8.90. The molecule has 0 fully saturated rings. The number of aliphatic hydroxyl groups is 1. The molecule has 0 radical (unpaired) electrons. The molecule has 4 rings (SSSR count). The van der Waals surface area contributed by atoms with Gasteiger partial charge >= 0.3 is 11.9 Å². The number of aliphatic hydroxyl groups excluding tert-OH is 1. The van der Waals surface area contributed by atoms with Gasteiger partial charge in [0.1, 0.15) is 23.5 Å². The van der Waals surface area contributed by atoms with Crippen LogP contribution in [-0.2, 0) is 22.6 Å². The summed E-state index contributed by atoms with van der Waals surface area (Å²) in [5, 5.41) is 23.3. The number of carboxylic acid groups (broad SMARTS) is 1. The van der Waals surface area contributed by atoms with Crippen LogP contribution < -0.4 is 19.5 Å². The summed E-state index contributed by atoms with van der Waals surface area (Å²) in [5.74, 6) is -0.190. The van der Waals surface area contributed by atoms with Crippen LogP contribution in [0.2, 0.25) is 0 Å². The Bertz CT molecular complexity index is 1520. The van der Waals surface area contributed by atoms with E-state index in [0.29, 0.717) is 39.6 Å². The summed E-state index contributed by atoms with van der Waals surface area (Å²) in [7, 11) is 3.11. The zero-order chi connectivity index (χ0) is 30.8. The van der Waals surface area contributed by atoms with Crippen LogP contribution in [0.3, 0.4) is 0 Å². The molecular formula is C33H32N2O8. The summed E-state index contributed by atoms with van der Waals surface area (Å²) in [6, 6.07) is 26.9. The minimum absolute atomic E-state index is 0.112. The van der Waals surface area contributed by atoms with E-state index in [9.17, 15) is 24.6 Å². The van der Waals surface area contributed by atoms with Crippen molar-refractivity contribution < 1.29 is 38.8 Å². The van der Waals surface area contributed by atoms with E-state index in [0.717, 1.165) is 5.56 Å². The van der Waals surface area contributed by atoms with Gasteiger partial charge in [-0.1, -0.05) is 36.4 Å². The van der Waals surface area contributed by atoms with Crippen molar-refractivity contribution in [2.75, 3.05) is 26.1 Å². The molecule has 0 aromatic heterocycles. The van der Waals surface area contributed by atoms with E-state index in [4.69, 9.17) is 14.2 Å². The second kappa shape index (κ2) is 14.6. The predicted molar refractivity (Wildman–Crippen MR) is 159 cm³/mol. The highest BCUT2D eigenvalue weighted by molar-refractivity contribution is 5.92. The first-order chi connectivity index (χ1) is 20.7. The van der Waals surface area contributed by atoms with Crippen molar-refractivity contribution in [3.63, 3.8) is 0 Å². The highest BCUT2D eigenvalue weighted by Crippen LogP contribution is 2.24. The molecule has 0 spiro atoms. The molecule has 43 heavy (non-hydrogen) atoms. The monoisotopic (exact) mass is 584 g/mol. The first-order valence-corrected chi connectivity index (χ1v) is 13.4. The van der Waals surface area contributed by atoms with Crippen molar-refractivity contribution in [3.8, 4) is 17.2 Å². The second-order valence-corrected chi connectivity index (χ2v) is 9.63. The van der Waals surface area contributed by atoms with E-state index in [1.165, 1.54) is 12.0 Å². The molecule has 0 aliphatic carbocycles. The second-order valence-electron chi connectivity index (χ2n) is 9.63. The van der Waals surface area contributed by atoms with E-state index < -0.39 is 24.7 Å². The minimum Gasteiger partial charge on any atom is -0.497 e. The standard InChI is InChI=1S/C33H32N2O8/c1-41-27-13-3-22(4-14-27)19-30(36)34-26-11-7-24(8-12-26)32(39)35(21-31(37)38)20-23-5-15-29(16-6-23)43-33(40)25-9-17-28(42-2)18-10-25/h3-18,32,39H,19-21H2,1-2H3,(H,34,36)(H,37,38). The minimum atomic E-state index is -1.23. The molecule has 4 aromatic carbocycles. The number of amides is 1. The van der Waals surface area contributed by atoms with Gasteiger partial charge in [-0.25, -0.2) is 4.79 Å². The summed E-state index contributed by atoms with van der Waals surface area (Å²) in [4.78, 5) is 37.9. The van der Waals surface area contributed by atoms with Crippen LogP contribution in [0, 0.1) is 0 Å². The summed E-state index contributed by atoms with van der Waals surface area (Å²) in [6.07, 6.45) is -1.05. The van der Waals surface area contributed by atoms with Gasteiger partial charge in [0.2, 0.25) is 5.91 Å². The number of anilines is 1. The van der Waals surface area contributed by atoms with Crippen molar-refractivity contribution in [1.82, 2.24) is 4.90 Å². The highest BCUT2D eigenvalue weighted by atomic mass is 16.5. The van der Waals surface area contributed by atoms with Gasteiger partial charge < -0.3 is 29.7 Å². The van der Waals surface area contributed by atoms with Crippen LogP contribution >= 0.6 is 0 Å². The smallest absolute Gasteiger partial charge is 0.343 e. The zero-order valence-electron chi connectivity index (χ0n) is 23.7. The Labute approximate surface area is 249 Å². The summed E-state index contributed by atoms with van der Waals surface area (Å²) in [5.41, 5.74) is 2.90. The molecule has 0 aliphatic heterocycles. The van der Waals surface area contributed by atoms with Gasteiger partial charge in [0.25, 0.3) is 0 Å². The molecule has 1 unspecified atom stereocenters. The quantitative estimate of drug-likeness (QED) is 0.116. The van der Waals surface area contributed by atoms with Crippen LogP contribution in [0.4, 0.5) is 5.69 Å². The third-order valence-corrected chi connectivity index (χ3v) is 6.55. The van der Waals surface area contributed by atoms with Gasteiger partial charge in [-0.2, -0.15) is 0 Å². The normalized spacial score (nSPS) is 11.4. The zero-order valence-corrected chi connectivity index (χ0v) is 23.7. The first kappa shape index (κ1) is 30.8. The van der Waals surface area contributed by atoms with Crippen molar-refractivity contribution in [3.05, 3.63) is 119 Å². The molecular weight excluding hydrogens is 552 g/mol. The summed E-state index contributed by atoms with van der Waals surface area (Å²) in [6.45, 7) is -0.309. The number of nitrogens with zero attached hydrogens (tertiary/aromatic N) is 1. The van der Waals surface area contributed by atoms with Crippen LogP contribution in [0.1, 0.15) is 33.3 Å². The lowest BCUT2D eigenvalue weighted by atomic mass is 10.1. The number of esters is 1. The van der Waals surface area contributed by atoms with Crippen molar-refractivity contribution in [2.45, 2.75) is 19.2 Å². The maximum atomic E-state index is 12.5. The summed E-state index contributed by atoms with van der Waals surface area (Å²) < 4.78 is 15.7. The fourth-order valence-electron chi connectivity index (χ4n) is 4.28. The lowest BCUT2D eigenvalue weighted by Crippen LogP contribution is -2.33. The molecule has 10 nitrogen and oxygen atoms in total. The Morgan fingerprint density at radius 3 is 1.84 bits per heavy atom. The maximum absolute atomic E-state index is 12.5. The van der Waals surface area contributed by atoms with Gasteiger partial charge in [-0.3, -0.25) is 14.5 Å². The predicted octanol–water partition coefficient (Wildman–Crippen LogP) is 4.68. The Hall–Kier alpha value is -5.19. The topological polar surface area (TPSA) is 135 Å². The number of aliphatic carboxylic acids is 1. The van der Waals surface area contributed by atoms with Crippen LogP contribution in [0.5, 0.6) is 17.2 Å². The molecule has 0 heterocycles. The fraction of sp³-hybridized carbons (Fsp3) is 0.182. The average Bonchev–Trinajstić information content (AvgIpc) is 3.02. The number of hydrogen-bond donors (Lipinski definition) is 3. The van der Waals surface area contributed by atoms with Crippen molar-refractivity contribution in [1.29, 1.82) is 0 Å². The van der Waals surface area contributed by atoms with E-state index in [-0.39, 0.29) is 18.9 Å². The lowest BCUT2D eigenvalue weighted by molar-refractivity contribution is -0.142. The molecule has 1 amide bonds. The number of methoxy groups -OCH3 is 2. The first-order valence-electron chi connectivity index (χ1n) is 13.4. The number of carbonyl (C=O) groups excluding carboxylic acids is 2. The number of benzene rings is 4. The van der Waals surface area contributed by atoms with Crippen molar-refractivity contribution in [2.24, 2.45) is 0 Å². The van der Waals surface area contributed by atoms with Crippen LogP contribution in [-0.4, -0.2) is 53.7 Å². The van der Waals surface area contributed by atoms with Gasteiger partial charge in [-0.05, 0) is 77.4 Å². The average molecular weight is 585 g/mol. The number of hydrogen-bond acceptors (Lipinski definition) is 8. The van der Waals surface area contributed by atoms with Gasteiger partial charge in [0.15, 0.2) is 0 Å². The molecule has 0 aliphatic rings. The molecule has 0 bridgehead atoms. The molecule has 3 N–H and O–H groups in total. The van der Waals surface area contributed by atoms with E-state index in [1.807, 2.05) is 12.1 Å². The molecule has 0 saturated carbocycles. The van der Waals surface area contributed by atoms with Gasteiger partial charge in [0, 0.05) is 12.2 Å². The molecule has 10 heteroatoms. The maximum Gasteiger partial charge on any atom is 0.343 e. The van der Waals surface area contributed by atoms with Gasteiger partial charge in [0.05, 0.1) is 32.7 Å². The van der Waals surface area contributed by atoms with E-state index in [1.54, 1.807) is 92.0 Å². The summed E-state index contributed by atoms with van der Waals surface area (Å²) >= 11 is 0. The molecule has 1 atom stereocenters. The molecule has 0 saturated heterocycles. The Kier molecular flexibility index (Phi) is 10.5. The molecule has 222 valence electrons. The number of nitrogens with one attached hydrogen (secondary N) is 1. The Balaban J connectivity index is 1.36. The number of rotatable bonds is 13. The van der Waals surface area contributed by atoms with Crippen molar-refractivity contribution >= 4 is 23.5 Å². The Morgan fingerprint density at radius 2 is 1.28 bits per heavy atom. The van der Waals surface area contributed by atoms with Crippen LogP contribution in [0.25, 0.3) is 0 Å². The SMILES string of the molecule is COc1ccc(CC(=O)Nc2ccc(C(O)N(CC(=O)O)Cc3ccc(OC(=O)c4ccc(OC)cc4)cc3)cc2)cc1. The molecule has 4 aromatic rings. The number of carbonyl (C=O) groups is 3. The highest BCUT2D eigenvalue weighted by Gasteiger charge is 2.21. The largest absolute Gasteiger partial charge is 0.497 e. The van der Waals surface area contributed by atoms with E-state index >= 15 is 0 Å². The Morgan fingerprint density at radius 1 is 0.744 bits per heavy atom. The lowest BCUT2D eigenvalue weighted by Gasteiger charge is -2.27. The number of carboxylic acids is 1.